The van der Waals surface area contributed by atoms with Gasteiger partial charge in [0.15, 0.2) is 11.6 Å². The molecule has 4 nitrogen and oxygen atoms in total. The highest BCUT2D eigenvalue weighted by atomic mass is 32.1. The van der Waals surface area contributed by atoms with Gasteiger partial charge in [0.1, 0.15) is 11.8 Å². The Morgan fingerprint density at radius 1 is 1.17 bits per heavy atom. The lowest BCUT2D eigenvalue weighted by atomic mass is 9.90. The Kier molecular flexibility index (Phi) is 6.16. The molecule has 0 unspecified atom stereocenters. The molecule has 0 atom stereocenters. The Balaban J connectivity index is 1.38. The summed E-state index contributed by atoms with van der Waals surface area (Å²) in [5, 5.41) is 11.7. The zero-order valence-electron chi connectivity index (χ0n) is 16.1. The van der Waals surface area contributed by atoms with Gasteiger partial charge in [0, 0.05) is 23.6 Å². The highest BCUT2D eigenvalue weighted by molar-refractivity contribution is 7.10. The summed E-state index contributed by atoms with van der Waals surface area (Å²) in [5.74, 6) is 0.572. The van der Waals surface area contributed by atoms with Crippen molar-refractivity contribution in [3.05, 3.63) is 64.0 Å². The Bertz CT molecular complexity index is 1000. The lowest BCUT2D eigenvalue weighted by Crippen LogP contribution is -2.15. The van der Waals surface area contributed by atoms with Crippen molar-refractivity contribution in [3.63, 3.8) is 0 Å². The van der Waals surface area contributed by atoms with E-state index in [9.17, 15) is 4.39 Å². The van der Waals surface area contributed by atoms with Crippen molar-refractivity contribution in [2.24, 2.45) is 5.92 Å². The Morgan fingerprint density at radius 3 is 2.76 bits per heavy atom. The van der Waals surface area contributed by atoms with Crippen LogP contribution in [0.4, 0.5) is 4.39 Å². The number of pyridine rings is 1. The van der Waals surface area contributed by atoms with Crippen LogP contribution in [-0.2, 0) is 6.42 Å². The summed E-state index contributed by atoms with van der Waals surface area (Å²) in [6, 6.07) is 10.7. The first-order valence-electron chi connectivity index (χ1n) is 9.93. The first-order valence-corrected chi connectivity index (χ1v) is 10.8. The van der Waals surface area contributed by atoms with Gasteiger partial charge in [0.25, 0.3) is 0 Å². The molecule has 0 spiro atoms. The lowest BCUT2D eigenvalue weighted by Gasteiger charge is -2.21. The SMILES string of the molecule is N#Cc1ccc(-c2csc(Cc3ccc(OCC4CCCCC4)c(F)c3)n2)cn1. The molecule has 1 saturated carbocycles. The summed E-state index contributed by atoms with van der Waals surface area (Å²) in [5.41, 5.74) is 2.93. The molecular weight excluding hydrogens is 385 g/mol. The zero-order valence-corrected chi connectivity index (χ0v) is 16.9. The number of halogens is 1. The molecule has 0 saturated heterocycles. The second-order valence-corrected chi connectivity index (χ2v) is 8.37. The number of thiazole rings is 1. The molecule has 1 aromatic carbocycles. The highest BCUT2D eigenvalue weighted by Gasteiger charge is 2.15. The Hall–Kier alpha value is -2.78. The van der Waals surface area contributed by atoms with E-state index in [1.54, 1.807) is 24.4 Å². The normalized spacial score (nSPS) is 14.5. The molecule has 0 aliphatic heterocycles. The molecule has 6 heteroatoms. The van der Waals surface area contributed by atoms with Gasteiger partial charge in [-0.1, -0.05) is 25.3 Å². The second kappa shape index (κ2) is 9.15. The minimum absolute atomic E-state index is 0.314. The average molecular weight is 408 g/mol. The molecule has 3 aromatic rings. The third-order valence-corrected chi connectivity index (χ3v) is 6.13. The van der Waals surface area contributed by atoms with Crippen LogP contribution in [0, 0.1) is 23.1 Å². The summed E-state index contributed by atoms with van der Waals surface area (Å²) in [7, 11) is 0. The second-order valence-electron chi connectivity index (χ2n) is 7.43. The van der Waals surface area contributed by atoms with Crippen molar-refractivity contribution < 1.29 is 9.13 Å². The quantitative estimate of drug-likeness (QED) is 0.521. The summed E-state index contributed by atoms with van der Waals surface area (Å²) < 4.78 is 20.2. The number of rotatable bonds is 6. The standard InChI is InChI=1S/C23H22FN3OS/c24-20-10-17(6-9-22(20)28-14-16-4-2-1-3-5-16)11-23-27-21(15-29-23)18-7-8-19(12-25)26-13-18/h6-10,13,15-16H,1-5,11,14H2. The van der Waals surface area contributed by atoms with Gasteiger partial charge in [0.05, 0.1) is 17.3 Å². The molecule has 2 heterocycles. The number of benzene rings is 1. The number of nitrogens with zero attached hydrogens (tertiary/aromatic N) is 3. The lowest BCUT2D eigenvalue weighted by molar-refractivity contribution is 0.202. The molecule has 1 fully saturated rings. The number of ether oxygens (including phenoxy) is 1. The smallest absolute Gasteiger partial charge is 0.165 e. The molecule has 4 rings (SSSR count). The number of nitriles is 1. The molecule has 1 aliphatic carbocycles. The average Bonchev–Trinajstić information content (AvgIpc) is 3.22. The van der Waals surface area contributed by atoms with Crippen LogP contribution >= 0.6 is 11.3 Å². The van der Waals surface area contributed by atoms with E-state index in [0.717, 1.165) is 21.8 Å². The van der Waals surface area contributed by atoms with Gasteiger partial charge in [-0.05, 0) is 48.6 Å². The van der Waals surface area contributed by atoms with E-state index in [2.05, 4.69) is 9.97 Å². The number of aromatic nitrogens is 2. The van der Waals surface area contributed by atoms with E-state index in [1.165, 1.54) is 43.4 Å². The maximum Gasteiger partial charge on any atom is 0.165 e. The molecule has 0 N–H and O–H groups in total. The van der Waals surface area contributed by atoms with Gasteiger partial charge >= 0.3 is 0 Å². The van der Waals surface area contributed by atoms with E-state index in [0.29, 0.717) is 30.4 Å². The van der Waals surface area contributed by atoms with Crippen molar-refractivity contribution in [2.45, 2.75) is 38.5 Å². The van der Waals surface area contributed by atoms with E-state index in [4.69, 9.17) is 10.00 Å². The van der Waals surface area contributed by atoms with Crippen molar-refractivity contribution in [2.75, 3.05) is 6.61 Å². The molecule has 1 aliphatic rings. The molecular formula is C23H22FN3OS. The van der Waals surface area contributed by atoms with Crippen LogP contribution in [0.15, 0.2) is 41.9 Å². The molecule has 0 amide bonds. The predicted molar refractivity (Wildman–Crippen MR) is 111 cm³/mol. The predicted octanol–water partition coefficient (Wildman–Crippen LogP) is 5.77. The van der Waals surface area contributed by atoms with Crippen LogP contribution in [0.25, 0.3) is 11.3 Å². The van der Waals surface area contributed by atoms with Gasteiger partial charge < -0.3 is 4.74 Å². The monoisotopic (exact) mass is 407 g/mol. The minimum Gasteiger partial charge on any atom is -0.490 e. The first-order chi connectivity index (χ1) is 14.2. The van der Waals surface area contributed by atoms with E-state index < -0.39 is 0 Å². The molecule has 0 bridgehead atoms. The van der Waals surface area contributed by atoms with Crippen molar-refractivity contribution in [3.8, 4) is 23.1 Å². The van der Waals surface area contributed by atoms with Crippen molar-refractivity contribution in [1.29, 1.82) is 5.26 Å². The summed E-state index contributed by atoms with van der Waals surface area (Å²) >= 11 is 1.53. The number of hydrogen-bond donors (Lipinski definition) is 0. The number of hydrogen-bond acceptors (Lipinski definition) is 5. The molecule has 29 heavy (non-hydrogen) atoms. The van der Waals surface area contributed by atoms with E-state index in [1.807, 2.05) is 23.6 Å². The van der Waals surface area contributed by atoms with Crippen LogP contribution < -0.4 is 4.74 Å². The third kappa shape index (κ3) is 4.99. The van der Waals surface area contributed by atoms with Crippen molar-refractivity contribution in [1.82, 2.24) is 9.97 Å². The van der Waals surface area contributed by atoms with Gasteiger partial charge in [-0.2, -0.15) is 5.26 Å². The fourth-order valence-electron chi connectivity index (χ4n) is 3.64. The largest absolute Gasteiger partial charge is 0.490 e. The fourth-order valence-corrected chi connectivity index (χ4v) is 4.48. The van der Waals surface area contributed by atoms with Gasteiger partial charge in [-0.25, -0.2) is 14.4 Å². The highest BCUT2D eigenvalue weighted by Crippen LogP contribution is 2.27. The maximum atomic E-state index is 14.5. The molecule has 2 aromatic heterocycles. The van der Waals surface area contributed by atoms with Crippen LogP contribution in [-0.4, -0.2) is 16.6 Å². The van der Waals surface area contributed by atoms with Gasteiger partial charge in [-0.15, -0.1) is 11.3 Å². The van der Waals surface area contributed by atoms with E-state index >= 15 is 0 Å². The fraction of sp³-hybridized carbons (Fsp3) is 0.348. The van der Waals surface area contributed by atoms with E-state index in [-0.39, 0.29) is 5.82 Å². The Labute approximate surface area is 174 Å². The molecule has 0 radical (unpaired) electrons. The topological polar surface area (TPSA) is 58.8 Å². The van der Waals surface area contributed by atoms with Crippen LogP contribution in [0.1, 0.15) is 48.4 Å². The van der Waals surface area contributed by atoms with Gasteiger partial charge in [-0.3, -0.25) is 0 Å². The van der Waals surface area contributed by atoms with Crippen LogP contribution in [0.5, 0.6) is 5.75 Å². The Morgan fingerprint density at radius 2 is 2.03 bits per heavy atom. The van der Waals surface area contributed by atoms with Crippen molar-refractivity contribution >= 4 is 11.3 Å². The summed E-state index contributed by atoms with van der Waals surface area (Å²) in [4.78, 5) is 8.70. The minimum atomic E-state index is -0.314. The summed E-state index contributed by atoms with van der Waals surface area (Å²) in [6.07, 6.45) is 8.39. The summed E-state index contributed by atoms with van der Waals surface area (Å²) in [6.45, 7) is 0.602. The van der Waals surface area contributed by atoms with Gasteiger partial charge in [0.2, 0.25) is 0 Å². The zero-order chi connectivity index (χ0) is 20.1. The molecule has 148 valence electrons. The third-order valence-electron chi connectivity index (χ3n) is 5.28. The maximum absolute atomic E-state index is 14.5. The first kappa shape index (κ1) is 19.5. The van der Waals surface area contributed by atoms with Crippen LogP contribution in [0.3, 0.4) is 0 Å². The van der Waals surface area contributed by atoms with Crippen LogP contribution in [0.2, 0.25) is 0 Å².